The van der Waals surface area contributed by atoms with Gasteiger partial charge in [-0.25, -0.2) is 0 Å². The molecule has 20 heavy (non-hydrogen) atoms. The van der Waals surface area contributed by atoms with Crippen molar-refractivity contribution in [3.05, 3.63) is 0 Å². The molecule has 1 unspecified atom stereocenters. The van der Waals surface area contributed by atoms with E-state index in [1.165, 1.54) is 25.7 Å². The molecule has 0 aromatic heterocycles. The first-order valence-corrected chi connectivity index (χ1v) is 7.97. The maximum Gasteiger partial charge on any atom is 0.311 e. The van der Waals surface area contributed by atoms with Crippen LogP contribution in [0.4, 0.5) is 0 Å². The molecule has 1 aliphatic carbocycles. The monoisotopic (exact) mass is 281 g/mol. The number of carbonyl (C=O) groups is 2. The molecule has 1 saturated heterocycles. The van der Waals surface area contributed by atoms with Crippen LogP contribution in [0.5, 0.6) is 0 Å². The second-order valence-corrected chi connectivity index (χ2v) is 6.87. The summed E-state index contributed by atoms with van der Waals surface area (Å²) in [4.78, 5) is 25.6. The predicted octanol–water partition coefficient (Wildman–Crippen LogP) is 2.92. The van der Waals surface area contributed by atoms with Crippen molar-refractivity contribution >= 4 is 11.9 Å². The minimum absolute atomic E-state index is 0.0626. The standard InChI is InChI=1S/C16H27NO3/c1-12(2)16(15(19)20)9-10-17(11-16)14(18)8-7-13-5-3-4-6-13/h12-13H,3-11H2,1-2H3,(H,19,20). The van der Waals surface area contributed by atoms with E-state index >= 15 is 0 Å². The van der Waals surface area contributed by atoms with E-state index in [1.807, 2.05) is 13.8 Å². The highest BCUT2D eigenvalue weighted by atomic mass is 16.4. The second kappa shape index (κ2) is 6.15. The third-order valence-corrected chi connectivity index (χ3v) is 5.43. The summed E-state index contributed by atoms with van der Waals surface area (Å²) in [6.45, 7) is 4.89. The Morgan fingerprint density at radius 3 is 2.45 bits per heavy atom. The zero-order valence-corrected chi connectivity index (χ0v) is 12.7. The lowest BCUT2D eigenvalue weighted by Gasteiger charge is -2.28. The Hall–Kier alpha value is -1.06. The number of aliphatic carboxylic acids is 1. The van der Waals surface area contributed by atoms with Crippen LogP contribution in [0.1, 0.15) is 58.8 Å². The molecule has 1 atom stereocenters. The first-order valence-electron chi connectivity index (χ1n) is 7.97. The number of carboxylic acids is 1. The Morgan fingerprint density at radius 2 is 1.95 bits per heavy atom. The van der Waals surface area contributed by atoms with Crippen LogP contribution in [0.3, 0.4) is 0 Å². The van der Waals surface area contributed by atoms with Gasteiger partial charge in [0.25, 0.3) is 0 Å². The van der Waals surface area contributed by atoms with Crippen molar-refractivity contribution < 1.29 is 14.7 Å². The summed E-state index contributed by atoms with van der Waals surface area (Å²) in [5.74, 6) is 0.183. The number of likely N-dealkylation sites (tertiary alicyclic amines) is 1. The third kappa shape index (κ3) is 2.99. The highest BCUT2D eigenvalue weighted by molar-refractivity contribution is 5.80. The molecule has 1 N–H and O–H groups in total. The Kier molecular flexibility index (Phi) is 4.71. The number of carboxylic acid groups (broad SMARTS) is 1. The molecule has 1 saturated carbocycles. The van der Waals surface area contributed by atoms with Crippen LogP contribution in [0.25, 0.3) is 0 Å². The first kappa shape index (κ1) is 15.3. The first-order chi connectivity index (χ1) is 9.45. The number of hydrogen-bond acceptors (Lipinski definition) is 2. The van der Waals surface area contributed by atoms with Crippen LogP contribution in [0, 0.1) is 17.3 Å². The normalized spacial score (nSPS) is 27.4. The number of carbonyl (C=O) groups excluding carboxylic acids is 1. The van der Waals surface area contributed by atoms with Gasteiger partial charge < -0.3 is 10.0 Å². The highest BCUT2D eigenvalue weighted by Gasteiger charge is 2.48. The van der Waals surface area contributed by atoms with E-state index < -0.39 is 11.4 Å². The van der Waals surface area contributed by atoms with E-state index in [1.54, 1.807) is 4.90 Å². The average Bonchev–Trinajstić information content (AvgIpc) is 3.05. The van der Waals surface area contributed by atoms with E-state index in [4.69, 9.17) is 0 Å². The van der Waals surface area contributed by atoms with Crippen molar-refractivity contribution in [3.63, 3.8) is 0 Å². The molecule has 0 aromatic rings. The van der Waals surface area contributed by atoms with Crippen molar-refractivity contribution in [2.45, 2.75) is 58.8 Å². The summed E-state index contributed by atoms with van der Waals surface area (Å²) in [5, 5.41) is 9.50. The zero-order valence-electron chi connectivity index (χ0n) is 12.7. The van der Waals surface area contributed by atoms with Crippen LogP contribution in [-0.4, -0.2) is 35.0 Å². The van der Waals surface area contributed by atoms with Crippen LogP contribution in [-0.2, 0) is 9.59 Å². The smallest absolute Gasteiger partial charge is 0.311 e. The van der Waals surface area contributed by atoms with E-state index in [9.17, 15) is 14.7 Å². The van der Waals surface area contributed by atoms with Gasteiger partial charge in [-0.1, -0.05) is 39.5 Å². The largest absolute Gasteiger partial charge is 0.481 e. The summed E-state index contributed by atoms with van der Waals surface area (Å²) >= 11 is 0. The van der Waals surface area contributed by atoms with E-state index in [2.05, 4.69) is 0 Å². The number of hydrogen-bond donors (Lipinski definition) is 1. The molecule has 1 aliphatic heterocycles. The van der Waals surface area contributed by atoms with Gasteiger partial charge in [0.1, 0.15) is 0 Å². The van der Waals surface area contributed by atoms with Crippen LogP contribution >= 0.6 is 0 Å². The fraction of sp³-hybridized carbons (Fsp3) is 0.875. The van der Waals surface area contributed by atoms with Gasteiger partial charge in [-0.3, -0.25) is 9.59 Å². The topological polar surface area (TPSA) is 57.6 Å². The van der Waals surface area contributed by atoms with Crippen LogP contribution in [0.15, 0.2) is 0 Å². The van der Waals surface area contributed by atoms with Crippen molar-refractivity contribution in [2.75, 3.05) is 13.1 Å². The molecule has 114 valence electrons. The Morgan fingerprint density at radius 1 is 1.30 bits per heavy atom. The predicted molar refractivity (Wildman–Crippen MR) is 77.3 cm³/mol. The Labute approximate surface area is 121 Å². The van der Waals surface area contributed by atoms with Gasteiger partial charge in [-0.2, -0.15) is 0 Å². The molecule has 1 amide bonds. The second-order valence-electron chi connectivity index (χ2n) is 6.87. The van der Waals surface area contributed by atoms with Gasteiger partial charge in [-0.05, 0) is 24.7 Å². The molecule has 1 heterocycles. The number of rotatable bonds is 5. The van der Waals surface area contributed by atoms with Crippen molar-refractivity contribution in [1.82, 2.24) is 4.90 Å². The molecule has 2 rings (SSSR count). The maximum absolute atomic E-state index is 12.3. The Balaban J connectivity index is 1.87. The molecule has 2 aliphatic rings. The molecule has 0 radical (unpaired) electrons. The summed E-state index contributed by atoms with van der Waals surface area (Å²) in [5.41, 5.74) is -0.733. The lowest BCUT2D eigenvalue weighted by molar-refractivity contribution is -0.151. The minimum atomic E-state index is -0.751. The molecule has 0 bridgehead atoms. The van der Waals surface area contributed by atoms with Crippen molar-refractivity contribution in [3.8, 4) is 0 Å². The minimum Gasteiger partial charge on any atom is -0.481 e. The number of nitrogens with zero attached hydrogens (tertiary/aromatic N) is 1. The van der Waals surface area contributed by atoms with Crippen LogP contribution in [0.2, 0.25) is 0 Å². The fourth-order valence-corrected chi connectivity index (χ4v) is 3.72. The lowest BCUT2D eigenvalue weighted by Crippen LogP contribution is -2.40. The molecular weight excluding hydrogens is 254 g/mol. The Bertz CT molecular complexity index is 374. The lowest BCUT2D eigenvalue weighted by atomic mass is 9.76. The van der Waals surface area contributed by atoms with Crippen molar-refractivity contribution in [2.24, 2.45) is 17.3 Å². The van der Waals surface area contributed by atoms with Crippen molar-refractivity contribution in [1.29, 1.82) is 0 Å². The van der Waals surface area contributed by atoms with Gasteiger partial charge >= 0.3 is 5.97 Å². The molecule has 2 fully saturated rings. The SMILES string of the molecule is CC(C)C1(C(=O)O)CCN(C(=O)CCC2CCCC2)C1. The maximum atomic E-state index is 12.3. The summed E-state index contributed by atoms with van der Waals surface area (Å²) in [6, 6.07) is 0. The molecule has 4 nitrogen and oxygen atoms in total. The highest BCUT2D eigenvalue weighted by Crippen LogP contribution is 2.38. The molecular formula is C16H27NO3. The number of amides is 1. The molecule has 4 heteroatoms. The fourth-order valence-electron chi connectivity index (χ4n) is 3.72. The van der Waals surface area contributed by atoms with Gasteiger partial charge in [0.05, 0.1) is 5.41 Å². The summed E-state index contributed by atoms with van der Waals surface area (Å²) < 4.78 is 0. The van der Waals surface area contributed by atoms with Gasteiger partial charge in [-0.15, -0.1) is 0 Å². The van der Waals surface area contributed by atoms with E-state index in [-0.39, 0.29) is 11.8 Å². The van der Waals surface area contributed by atoms with Gasteiger partial charge in [0, 0.05) is 19.5 Å². The van der Waals surface area contributed by atoms with Crippen LogP contribution < -0.4 is 0 Å². The summed E-state index contributed by atoms with van der Waals surface area (Å²) in [7, 11) is 0. The molecule has 0 aromatic carbocycles. The van der Waals surface area contributed by atoms with Gasteiger partial charge in [0.15, 0.2) is 0 Å². The average molecular weight is 281 g/mol. The molecule has 0 spiro atoms. The quantitative estimate of drug-likeness (QED) is 0.843. The third-order valence-electron chi connectivity index (χ3n) is 5.43. The van der Waals surface area contributed by atoms with Gasteiger partial charge in [0.2, 0.25) is 5.91 Å². The van der Waals surface area contributed by atoms with E-state index in [0.29, 0.717) is 25.9 Å². The zero-order chi connectivity index (χ0) is 14.8. The summed E-state index contributed by atoms with van der Waals surface area (Å²) in [6.07, 6.45) is 7.30. The van der Waals surface area contributed by atoms with E-state index in [0.717, 1.165) is 12.3 Å².